The molecule has 0 aliphatic carbocycles. The minimum Gasteiger partial charge on any atom is -0.480 e. The summed E-state index contributed by atoms with van der Waals surface area (Å²) in [5, 5.41) is 58.9. The average molecular weight is 1210 g/mol. The van der Waals surface area contributed by atoms with E-state index in [9.17, 15) is 68.4 Å². The van der Waals surface area contributed by atoms with E-state index in [-0.39, 0.29) is 70.5 Å². The molecule has 2 aliphatic heterocycles. The van der Waals surface area contributed by atoms with E-state index in [4.69, 9.17) is 17.2 Å². The molecule has 0 spiro atoms. The molecule has 0 unspecified atom stereocenters. The van der Waals surface area contributed by atoms with Crippen molar-refractivity contribution in [3.8, 4) is 0 Å². The van der Waals surface area contributed by atoms with Crippen molar-refractivity contribution in [1.82, 2.24) is 52.0 Å². The maximum absolute atomic E-state index is 14.7. The molecule has 3 heterocycles. The van der Waals surface area contributed by atoms with Gasteiger partial charge in [-0.3, -0.25) is 48.1 Å². The number of amides is 9. The van der Waals surface area contributed by atoms with E-state index in [0.717, 1.165) is 10.9 Å². The van der Waals surface area contributed by atoms with Crippen LogP contribution < -0.4 is 54.4 Å². The minimum absolute atomic E-state index is 0.00800. The number of nitrogens with zero attached hydrogens (tertiary/aromatic N) is 3. The number of fused-ring (bicyclic) bond motifs is 1. The van der Waals surface area contributed by atoms with Gasteiger partial charge < -0.3 is 89.6 Å². The second kappa shape index (κ2) is 33.0. The van der Waals surface area contributed by atoms with Gasteiger partial charge in [0.2, 0.25) is 53.2 Å². The number of nitrogens with one attached hydrogen (secondary N) is 8. The third kappa shape index (κ3) is 19.3. The lowest BCUT2D eigenvalue weighted by atomic mass is 9.99. The van der Waals surface area contributed by atoms with Gasteiger partial charge in [0.15, 0.2) is 5.96 Å². The first-order valence-corrected chi connectivity index (χ1v) is 29.6. The topological polar surface area (TPSA) is 449 Å². The molecule has 0 saturated carbocycles. The van der Waals surface area contributed by atoms with E-state index in [1.165, 1.54) is 28.5 Å². The molecule has 29 heteroatoms. The first-order valence-electron chi connectivity index (χ1n) is 28.2. The molecule has 0 radical (unpaired) electrons. The van der Waals surface area contributed by atoms with Crippen LogP contribution in [-0.4, -0.2) is 212 Å². The predicted molar refractivity (Wildman–Crippen MR) is 314 cm³/mol. The predicted octanol–water partition coefficient (Wildman–Crippen LogP) is -3.43. The zero-order valence-corrected chi connectivity index (χ0v) is 49.0. The SMILES string of the molecule is CSCC[C@H](NC(=O)[C@H](CO)NC(=O)[C@@H](N)[C@@H](C)O)C(=O)N[C@@H](CO)C(=O)N[C@@H](Cc1ccccc1)C(=O)N[C@H](C(=O)N1CCC[C@H]1C(=O)N[C@@H](CCCN=C(N)N)C(=O)N1CCC[C@H]1C(=O)N[C@@H](Cc1c[nH]c2ccccc12)C(=O)O)C(C)C. The zero-order valence-electron chi connectivity index (χ0n) is 48.2. The normalized spacial score (nSPS) is 18.1. The third-order valence-electron chi connectivity index (χ3n) is 14.8. The molecule has 2 aromatic carbocycles. The largest absolute Gasteiger partial charge is 0.480 e. The van der Waals surface area contributed by atoms with E-state index < -0.39 is 145 Å². The molecular weight excluding hydrogens is 1120 g/mol. The Morgan fingerprint density at radius 1 is 0.659 bits per heavy atom. The summed E-state index contributed by atoms with van der Waals surface area (Å²) in [4.78, 5) is 148. The molecule has 3 aromatic rings. The number of nitrogens with two attached hydrogens (primary N) is 3. The van der Waals surface area contributed by atoms with Gasteiger partial charge in [-0.25, -0.2) is 4.79 Å². The highest BCUT2D eigenvalue weighted by atomic mass is 32.2. The van der Waals surface area contributed by atoms with Gasteiger partial charge in [0.1, 0.15) is 60.4 Å². The summed E-state index contributed by atoms with van der Waals surface area (Å²) in [6.07, 6.45) is 3.31. The van der Waals surface area contributed by atoms with Crippen LogP contribution >= 0.6 is 11.8 Å². The quantitative estimate of drug-likeness (QED) is 0.0164. The highest BCUT2D eigenvalue weighted by Crippen LogP contribution is 2.25. The highest BCUT2D eigenvalue weighted by Gasteiger charge is 2.43. The van der Waals surface area contributed by atoms with Crippen LogP contribution in [0.15, 0.2) is 65.8 Å². The summed E-state index contributed by atoms with van der Waals surface area (Å²) >= 11 is 1.32. The number of carbonyl (C=O) groups excluding carboxylic acids is 9. The van der Waals surface area contributed by atoms with Gasteiger partial charge in [0.05, 0.1) is 19.3 Å². The van der Waals surface area contributed by atoms with E-state index in [0.29, 0.717) is 29.7 Å². The van der Waals surface area contributed by atoms with Gasteiger partial charge in [0, 0.05) is 49.6 Å². The fourth-order valence-corrected chi connectivity index (χ4v) is 10.5. The number of hydrogen-bond donors (Lipinski definition) is 15. The molecule has 2 fully saturated rings. The third-order valence-corrected chi connectivity index (χ3v) is 15.4. The number of likely N-dealkylation sites (tertiary alicyclic amines) is 2. The number of H-pyrrole nitrogens is 1. The molecule has 1 aromatic heterocycles. The maximum Gasteiger partial charge on any atom is 0.326 e. The van der Waals surface area contributed by atoms with Gasteiger partial charge in [-0.2, -0.15) is 11.8 Å². The standard InChI is InChI=1S/C56H82N14O14S/c1-30(2)45(68-47(75)38(25-32-13-6-5-7-14-32)64-49(77)40(28-71)66-46(74)36(20-24-85-4)62-48(76)41(29-72)67-52(80)44(57)31(3)73)54(82)70-23-12-19-43(70)50(78)63-37(17-10-21-60-56(58)59)53(81)69-22-11-18-42(69)51(79)65-39(55(83)84)26-33-27-61-35-16-9-8-15-34(33)35/h5-9,13-16,27,30-31,36-45,61,71-73H,10-12,17-26,28-29,57H2,1-4H3,(H,62,76)(H,63,78)(H,64,77)(H,65,79)(H,66,74)(H,67,80)(H,68,75)(H,83,84)(H4,58,59,60)/t31-,36+,37+,38+,39+,40+,41+,42+,43+,44+,45+/m1/s1. The van der Waals surface area contributed by atoms with Crippen molar-refractivity contribution in [1.29, 1.82) is 0 Å². The molecule has 28 nitrogen and oxygen atoms in total. The van der Waals surface area contributed by atoms with Crippen LogP contribution in [0.2, 0.25) is 0 Å². The fourth-order valence-electron chi connectivity index (χ4n) is 10.0. The van der Waals surface area contributed by atoms with Gasteiger partial charge in [0.25, 0.3) is 0 Å². The van der Waals surface area contributed by atoms with Crippen LogP contribution in [0.3, 0.4) is 0 Å². The fraction of sp³-hybridized carbons (Fsp3) is 0.554. The molecule has 85 heavy (non-hydrogen) atoms. The second-order valence-electron chi connectivity index (χ2n) is 21.4. The van der Waals surface area contributed by atoms with Crippen molar-refractivity contribution in [2.24, 2.45) is 28.1 Å². The number of aromatic amines is 1. The summed E-state index contributed by atoms with van der Waals surface area (Å²) < 4.78 is 0. The number of para-hydroxylation sites is 1. The number of benzene rings is 2. The smallest absolute Gasteiger partial charge is 0.326 e. The summed E-state index contributed by atoms with van der Waals surface area (Å²) in [5.41, 5.74) is 18.8. The van der Waals surface area contributed by atoms with E-state index in [1.807, 2.05) is 24.3 Å². The number of carboxylic acid groups (broad SMARTS) is 1. The number of carbonyl (C=O) groups is 10. The lowest BCUT2D eigenvalue weighted by Crippen LogP contribution is -2.62. The summed E-state index contributed by atoms with van der Waals surface area (Å²) in [7, 11) is 0. The summed E-state index contributed by atoms with van der Waals surface area (Å²) in [6.45, 7) is 3.00. The highest BCUT2D eigenvalue weighted by molar-refractivity contribution is 7.98. The van der Waals surface area contributed by atoms with Crippen molar-refractivity contribution in [3.05, 3.63) is 71.9 Å². The number of aliphatic imine (C=N–C) groups is 1. The number of aromatic nitrogens is 1. The Labute approximate surface area is 496 Å². The van der Waals surface area contributed by atoms with Crippen LogP contribution in [0.5, 0.6) is 0 Å². The number of aliphatic hydroxyl groups excluding tert-OH is 3. The molecule has 466 valence electrons. The Balaban J connectivity index is 1.30. The van der Waals surface area contributed by atoms with E-state index in [1.54, 1.807) is 56.6 Å². The molecular formula is C56H82N14O14S. The van der Waals surface area contributed by atoms with Crippen LogP contribution in [-0.2, 0) is 60.8 Å². The van der Waals surface area contributed by atoms with E-state index >= 15 is 0 Å². The van der Waals surface area contributed by atoms with E-state index in [2.05, 4.69) is 47.2 Å². The summed E-state index contributed by atoms with van der Waals surface area (Å²) in [5.74, 6) is -9.14. The maximum atomic E-state index is 14.7. The van der Waals surface area contributed by atoms with Crippen molar-refractivity contribution >= 4 is 87.8 Å². The molecule has 9 amide bonds. The minimum atomic E-state index is -1.70. The number of guanidine groups is 1. The molecule has 18 N–H and O–H groups in total. The van der Waals surface area contributed by atoms with Gasteiger partial charge in [-0.15, -0.1) is 0 Å². The van der Waals surface area contributed by atoms with Gasteiger partial charge in [-0.1, -0.05) is 62.4 Å². The monoisotopic (exact) mass is 1210 g/mol. The molecule has 0 bridgehead atoms. The lowest BCUT2D eigenvalue weighted by Gasteiger charge is -2.33. The Morgan fingerprint density at radius 3 is 1.75 bits per heavy atom. The van der Waals surface area contributed by atoms with Crippen molar-refractivity contribution in [3.63, 3.8) is 0 Å². The number of aliphatic carboxylic acids is 1. The molecule has 2 aliphatic rings. The Kier molecular flexibility index (Phi) is 26.4. The van der Waals surface area contributed by atoms with Gasteiger partial charge >= 0.3 is 5.97 Å². The second-order valence-corrected chi connectivity index (χ2v) is 22.4. The average Bonchev–Trinajstić information content (AvgIpc) is 3.59. The Bertz CT molecular complexity index is 2840. The zero-order chi connectivity index (χ0) is 62.5. The first-order chi connectivity index (χ1) is 40.5. The van der Waals surface area contributed by atoms with Crippen molar-refractivity contribution in [2.75, 3.05) is 44.9 Å². The molecule has 5 rings (SSSR count). The van der Waals surface area contributed by atoms with Crippen LogP contribution in [0.25, 0.3) is 10.9 Å². The number of aliphatic hydroxyl groups is 3. The van der Waals surface area contributed by atoms with Crippen molar-refractivity contribution in [2.45, 2.75) is 145 Å². The summed E-state index contributed by atoms with van der Waals surface area (Å²) in [6, 6.07) is 2.26. The molecule has 2 saturated heterocycles. The molecule has 11 atom stereocenters. The van der Waals surface area contributed by atoms with Crippen LogP contribution in [0.4, 0.5) is 0 Å². The number of rotatable bonds is 32. The number of carboxylic acids is 1. The first kappa shape index (κ1) is 67.9. The number of thioether (sulfide) groups is 1. The number of hydrogen-bond acceptors (Lipinski definition) is 16. The van der Waals surface area contributed by atoms with Gasteiger partial charge in [-0.05, 0) is 87.0 Å². The van der Waals surface area contributed by atoms with Crippen LogP contribution in [0.1, 0.15) is 76.8 Å². The Hall–Kier alpha value is -7.86. The Morgan fingerprint density at radius 2 is 1.19 bits per heavy atom. The lowest BCUT2D eigenvalue weighted by molar-refractivity contribution is -0.146. The van der Waals surface area contributed by atoms with Crippen molar-refractivity contribution < 1.29 is 68.4 Å². The van der Waals surface area contributed by atoms with Crippen LogP contribution in [0, 0.1) is 5.92 Å².